The van der Waals surface area contributed by atoms with E-state index < -0.39 is 15.9 Å². The molecule has 26 heavy (non-hydrogen) atoms. The van der Waals surface area contributed by atoms with Crippen LogP contribution in [0, 0.1) is 0 Å². The number of carbonyl (C=O) groups is 1. The molecule has 134 valence electrons. The maximum absolute atomic E-state index is 12.3. The summed E-state index contributed by atoms with van der Waals surface area (Å²) in [5.41, 5.74) is 1.14. The van der Waals surface area contributed by atoms with Crippen molar-refractivity contribution in [3.05, 3.63) is 60.2 Å². The van der Waals surface area contributed by atoms with E-state index in [1.54, 1.807) is 0 Å². The lowest BCUT2D eigenvalue weighted by molar-refractivity contribution is 0.102. The van der Waals surface area contributed by atoms with Gasteiger partial charge in [0.2, 0.25) is 5.13 Å². The summed E-state index contributed by atoms with van der Waals surface area (Å²) in [5, 5.41) is 3.00. The molecule has 8 nitrogen and oxygen atoms in total. The van der Waals surface area contributed by atoms with Crippen molar-refractivity contribution in [1.82, 2.24) is 14.2 Å². The van der Waals surface area contributed by atoms with Gasteiger partial charge in [0.25, 0.3) is 15.9 Å². The molecule has 2 aromatic carbocycles. The van der Waals surface area contributed by atoms with Crippen LogP contribution >= 0.6 is 11.5 Å². The molecule has 0 saturated heterocycles. The summed E-state index contributed by atoms with van der Waals surface area (Å²) in [7, 11) is -2.56. The minimum absolute atomic E-state index is 0.0156. The molecule has 1 heterocycles. The van der Waals surface area contributed by atoms with Crippen molar-refractivity contribution in [3.63, 3.8) is 0 Å². The molecule has 0 bridgehead atoms. The molecule has 0 aliphatic carbocycles. The standard InChI is InChI=1S/C16H14N4O4S2/c1-24-20-26(22,23)13-9-7-12(8-10-13)15(21)18-16-17-14(19-25-16)11-5-3-2-4-6-11/h2-10,20H,1H3,(H,17,18,19,21). The second-order valence-corrected chi connectivity index (χ2v) is 7.46. The van der Waals surface area contributed by atoms with Gasteiger partial charge in [-0.15, -0.1) is 0 Å². The number of amides is 1. The van der Waals surface area contributed by atoms with Crippen LogP contribution in [0.25, 0.3) is 11.4 Å². The average molecular weight is 390 g/mol. The number of benzene rings is 2. The van der Waals surface area contributed by atoms with Crippen LogP contribution in [0.3, 0.4) is 0 Å². The Hall–Kier alpha value is -2.66. The van der Waals surface area contributed by atoms with Gasteiger partial charge < -0.3 is 0 Å². The topological polar surface area (TPSA) is 110 Å². The van der Waals surface area contributed by atoms with Gasteiger partial charge in [0, 0.05) is 22.7 Å². The number of sulfonamides is 1. The van der Waals surface area contributed by atoms with Gasteiger partial charge in [-0.05, 0) is 24.3 Å². The third-order valence-electron chi connectivity index (χ3n) is 3.30. The van der Waals surface area contributed by atoms with Crippen molar-refractivity contribution < 1.29 is 18.0 Å². The van der Waals surface area contributed by atoms with Gasteiger partial charge in [-0.2, -0.15) is 9.36 Å². The van der Waals surface area contributed by atoms with Crippen molar-refractivity contribution in [1.29, 1.82) is 0 Å². The maximum Gasteiger partial charge on any atom is 0.262 e. The monoisotopic (exact) mass is 390 g/mol. The number of nitrogens with one attached hydrogen (secondary N) is 2. The van der Waals surface area contributed by atoms with Gasteiger partial charge in [-0.1, -0.05) is 35.2 Å². The summed E-state index contributed by atoms with van der Waals surface area (Å²) >= 11 is 1.07. The lowest BCUT2D eigenvalue weighted by atomic mass is 10.2. The molecule has 0 spiro atoms. The van der Waals surface area contributed by atoms with Crippen molar-refractivity contribution in [2.45, 2.75) is 4.90 Å². The number of carbonyl (C=O) groups excluding carboxylic acids is 1. The highest BCUT2D eigenvalue weighted by molar-refractivity contribution is 7.89. The number of hydrogen-bond acceptors (Lipinski definition) is 7. The molecule has 0 unspecified atom stereocenters. The van der Waals surface area contributed by atoms with Crippen LogP contribution in [0.5, 0.6) is 0 Å². The Bertz CT molecular complexity index is 1000. The minimum atomic E-state index is -3.76. The third-order valence-corrected chi connectivity index (χ3v) is 5.21. The number of rotatable bonds is 6. The zero-order valence-electron chi connectivity index (χ0n) is 13.5. The smallest absolute Gasteiger partial charge is 0.262 e. The van der Waals surface area contributed by atoms with Crippen molar-refractivity contribution >= 4 is 32.6 Å². The molecule has 10 heteroatoms. The lowest BCUT2D eigenvalue weighted by Gasteiger charge is -2.05. The predicted octanol–water partition coefficient (Wildman–Crippen LogP) is 2.30. The van der Waals surface area contributed by atoms with Crippen LogP contribution in [0.2, 0.25) is 0 Å². The fourth-order valence-corrected chi connectivity index (χ4v) is 3.49. The second-order valence-electron chi connectivity index (χ2n) is 5.06. The van der Waals surface area contributed by atoms with Gasteiger partial charge in [0.15, 0.2) is 5.82 Å². The van der Waals surface area contributed by atoms with Crippen LogP contribution in [-0.2, 0) is 14.9 Å². The fourth-order valence-electron chi connectivity index (χ4n) is 2.09. The fraction of sp³-hybridized carbons (Fsp3) is 0.0625. The molecule has 1 amide bonds. The largest absolute Gasteiger partial charge is 0.297 e. The van der Waals surface area contributed by atoms with Crippen molar-refractivity contribution in [2.75, 3.05) is 12.4 Å². The van der Waals surface area contributed by atoms with Crippen molar-refractivity contribution in [2.24, 2.45) is 0 Å². The third kappa shape index (κ3) is 4.11. The number of anilines is 1. The molecule has 0 atom stereocenters. The van der Waals surface area contributed by atoms with Gasteiger partial charge in [0.05, 0.1) is 12.0 Å². The van der Waals surface area contributed by atoms with E-state index >= 15 is 0 Å². The quantitative estimate of drug-likeness (QED) is 0.625. The van der Waals surface area contributed by atoms with Gasteiger partial charge in [-0.3, -0.25) is 14.9 Å². The summed E-state index contributed by atoms with van der Waals surface area (Å²) in [6.45, 7) is 0. The van der Waals surface area contributed by atoms with E-state index in [0.29, 0.717) is 11.0 Å². The van der Waals surface area contributed by atoms with E-state index in [4.69, 9.17) is 0 Å². The second kappa shape index (κ2) is 7.70. The van der Waals surface area contributed by atoms with Crippen LogP contribution in [0.4, 0.5) is 5.13 Å². The molecule has 2 N–H and O–H groups in total. The predicted molar refractivity (Wildman–Crippen MR) is 97.1 cm³/mol. The van der Waals surface area contributed by atoms with E-state index in [0.717, 1.165) is 17.1 Å². The Morgan fingerprint density at radius 3 is 2.42 bits per heavy atom. The first-order valence-electron chi connectivity index (χ1n) is 7.35. The summed E-state index contributed by atoms with van der Waals surface area (Å²) in [4.78, 5) is 22.9. The molecule has 0 radical (unpaired) electrons. The van der Waals surface area contributed by atoms with Gasteiger partial charge in [0.1, 0.15) is 0 Å². The first-order valence-corrected chi connectivity index (χ1v) is 9.60. The first-order chi connectivity index (χ1) is 12.5. The van der Waals surface area contributed by atoms with Crippen molar-refractivity contribution in [3.8, 4) is 11.4 Å². The van der Waals surface area contributed by atoms with Crippen LogP contribution in [-0.4, -0.2) is 30.8 Å². The lowest BCUT2D eigenvalue weighted by Crippen LogP contribution is -2.22. The summed E-state index contributed by atoms with van der Waals surface area (Å²) in [6, 6.07) is 14.8. The Morgan fingerprint density at radius 2 is 1.77 bits per heavy atom. The summed E-state index contributed by atoms with van der Waals surface area (Å²) in [6.07, 6.45) is 0. The molecule has 1 aromatic heterocycles. The first kappa shape index (κ1) is 18.1. The Balaban J connectivity index is 1.72. The normalized spacial score (nSPS) is 11.3. The molecule has 0 saturated carbocycles. The molecule has 3 aromatic rings. The Morgan fingerprint density at radius 1 is 1.08 bits per heavy atom. The molecule has 0 aliphatic rings. The minimum Gasteiger partial charge on any atom is -0.297 e. The van der Waals surface area contributed by atoms with E-state index in [1.807, 2.05) is 35.2 Å². The van der Waals surface area contributed by atoms with E-state index in [1.165, 1.54) is 31.4 Å². The average Bonchev–Trinajstić information content (AvgIpc) is 3.11. The van der Waals surface area contributed by atoms with Gasteiger partial charge in [-0.25, -0.2) is 8.42 Å². The van der Waals surface area contributed by atoms with Crippen LogP contribution in [0.15, 0.2) is 59.5 Å². The number of hydrogen-bond donors (Lipinski definition) is 2. The summed E-state index contributed by atoms with van der Waals surface area (Å²) < 4.78 is 27.8. The van der Waals surface area contributed by atoms with Crippen LogP contribution < -0.4 is 10.2 Å². The van der Waals surface area contributed by atoms with Gasteiger partial charge >= 0.3 is 0 Å². The maximum atomic E-state index is 12.3. The van der Waals surface area contributed by atoms with E-state index in [-0.39, 0.29) is 10.5 Å². The Labute approximate surface area is 154 Å². The molecular weight excluding hydrogens is 376 g/mol. The highest BCUT2D eigenvalue weighted by Crippen LogP contribution is 2.21. The Kier molecular flexibility index (Phi) is 5.38. The highest BCUT2D eigenvalue weighted by Gasteiger charge is 2.15. The van der Waals surface area contributed by atoms with E-state index in [2.05, 4.69) is 19.5 Å². The molecule has 0 aliphatic heterocycles. The van der Waals surface area contributed by atoms with E-state index in [9.17, 15) is 13.2 Å². The highest BCUT2D eigenvalue weighted by atomic mass is 32.2. The molecule has 3 rings (SSSR count). The molecular formula is C16H14N4O4S2. The zero-order valence-corrected chi connectivity index (χ0v) is 15.2. The summed E-state index contributed by atoms with van der Waals surface area (Å²) in [5.74, 6) is 0.113. The SMILES string of the molecule is CONS(=O)(=O)c1ccc(C(=O)Nc2nc(-c3ccccc3)ns2)cc1. The zero-order chi connectivity index (χ0) is 18.6. The molecule has 0 fully saturated rings. The number of aromatic nitrogens is 2. The van der Waals surface area contributed by atoms with Crippen LogP contribution in [0.1, 0.15) is 10.4 Å². The number of nitrogens with zero attached hydrogens (tertiary/aromatic N) is 2.